The Morgan fingerprint density at radius 1 is 1.06 bits per heavy atom. The molecule has 1 fully saturated rings. The largest absolute Gasteiger partial charge is 1.00 e. The normalized spacial score (nSPS) is 17.4. The Labute approximate surface area is 301 Å². The van der Waals surface area contributed by atoms with E-state index in [0.29, 0.717) is 25.1 Å². The van der Waals surface area contributed by atoms with Gasteiger partial charge >= 0.3 is 29.6 Å². The minimum absolute atomic E-state index is 0. The van der Waals surface area contributed by atoms with E-state index in [1.165, 1.54) is 6.07 Å². The molecule has 0 spiro atoms. The molecular formula is C32H40N5NaO9S. The van der Waals surface area contributed by atoms with Gasteiger partial charge in [0.25, 0.3) is 5.91 Å². The Morgan fingerprint density at radius 2 is 1.75 bits per heavy atom. The minimum Gasteiger partial charge on any atom is -0.746 e. The Balaban J connectivity index is 0.00000625. The molecule has 1 saturated heterocycles. The summed E-state index contributed by atoms with van der Waals surface area (Å²) < 4.78 is 40.4. The summed E-state index contributed by atoms with van der Waals surface area (Å²) in [5.74, 6) is -3.14. The Morgan fingerprint density at radius 3 is 2.40 bits per heavy atom. The van der Waals surface area contributed by atoms with Crippen molar-refractivity contribution in [3.05, 3.63) is 65.5 Å². The smallest absolute Gasteiger partial charge is 0.746 e. The van der Waals surface area contributed by atoms with Crippen LogP contribution in [0.15, 0.2) is 53.1 Å². The van der Waals surface area contributed by atoms with Gasteiger partial charge in [0, 0.05) is 24.9 Å². The standard InChI is InChI=1S/C32H41N5O9S.Na/c1-18(2)14-24(29(39)36-27(32(42)47(43,44)45)17-22-11-7-13-33-28(22)38)34-30(40)25(35-31(41)26-15-19(3)46-37-26)16-21-10-6-9-20-8-4-5-12-23(20)21;/h4-6,8-10,12,15,18,22,24-25,27,32,42H,7,11,13-14,16-17H2,1-3H3,(H,33,38)(H,34,40)(H,35,41)(H,36,39)(H,43,44,45);/q;+1/p-1/t22-,24-,25-,27-,32?;/m0./s1. The number of hydrogen-bond donors (Lipinski definition) is 5. The number of aryl methyl sites for hydroxylation is 1. The van der Waals surface area contributed by atoms with E-state index >= 15 is 0 Å². The van der Waals surface area contributed by atoms with Crippen LogP contribution in [0.4, 0.5) is 0 Å². The quantitative estimate of drug-likeness (QED) is 0.0950. The van der Waals surface area contributed by atoms with Gasteiger partial charge in [-0.05, 0) is 54.9 Å². The zero-order valence-corrected chi connectivity index (χ0v) is 30.2. The fraction of sp³-hybridized carbons (Fsp3) is 0.469. The number of rotatable bonds is 14. The van der Waals surface area contributed by atoms with E-state index in [0.717, 1.165) is 16.3 Å². The van der Waals surface area contributed by atoms with Gasteiger partial charge in [0.2, 0.25) is 17.7 Å². The summed E-state index contributed by atoms with van der Waals surface area (Å²) >= 11 is 0. The molecule has 1 aliphatic heterocycles. The van der Waals surface area contributed by atoms with Crippen molar-refractivity contribution in [1.29, 1.82) is 0 Å². The van der Waals surface area contributed by atoms with Gasteiger partial charge in [0.1, 0.15) is 28.0 Å². The summed E-state index contributed by atoms with van der Waals surface area (Å²) in [6.45, 7) is 5.65. The van der Waals surface area contributed by atoms with Crippen molar-refractivity contribution in [3.63, 3.8) is 0 Å². The molecule has 4 rings (SSSR count). The molecule has 48 heavy (non-hydrogen) atoms. The molecule has 0 radical (unpaired) electrons. The number of aromatic nitrogens is 1. The van der Waals surface area contributed by atoms with E-state index in [4.69, 9.17) is 4.52 Å². The van der Waals surface area contributed by atoms with Crippen LogP contribution < -0.4 is 50.8 Å². The maximum Gasteiger partial charge on any atom is 1.00 e. The molecule has 1 aromatic heterocycles. The maximum absolute atomic E-state index is 13.9. The van der Waals surface area contributed by atoms with Gasteiger partial charge in [0.05, 0.1) is 6.04 Å². The predicted molar refractivity (Wildman–Crippen MR) is 170 cm³/mol. The maximum atomic E-state index is 13.9. The first-order chi connectivity index (χ1) is 22.2. The number of aliphatic hydroxyl groups is 1. The number of hydrogen-bond acceptors (Lipinski definition) is 10. The van der Waals surface area contributed by atoms with Gasteiger partial charge in [-0.25, -0.2) is 8.42 Å². The third-order valence-corrected chi connectivity index (χ3v) is 8.95. The Hall–Kier alpha value is -3.34. The molecule has 0 bridgehead atoms. The van der Waals surface area contributed by atoms with Gasteiger partial charge in [0.15, 0.2) is 11.1 Å². The molecule has 2 aromatic carbocycles. The van der Waals surface area contributed by atoms with Crippen molar-refractivity contribution in [1.82, 2.24) is 26.4 Å². The van der Waals surface area contributed by atoms with Crippen LogP contribution in [-0.2, 0) is 30.9 Å². The monoisotopic (exact) mass is 693 g/mol. The average molecular weight is 694 g/mol. The topological polar surface area (TPSA) is 220 Å². The molecular weight excluding hydrogens is 653 g/mol. The first-order valence-corrected chi connectivity index (χ1v) is 16.9. The van der Waals surface area contributed by atoms with Crippen molar-refractivity contribution in [3.8, 4) is 0 Å². The Kier molecular flexibility index (Phi) is 14.1. The van der Waals surface area contributed by atoms with Crippen LogP contribution in [0.2, 0.25) is 0 Å². The molecule has 5 N–H and O–H groups in total. The van der Waals surface area contributed by atoms with E-state index in [-0.39, 0.29) is 66.3 Å². The zero-order chi connectivity index (χ0) is 34.3. The number of benzene rings is 2. The third kappa shape index (κ3) is 10.6. The van der Waals surface area contributed by atoms with Crippen LogP contribution in [0.25, 0.3) is 10.8 Å². The van der Waals surface area contributed by atoms with Crippen LogP contribution in [0, 0.1) is 18.8 Å². The van der Waals surface area contributed by atoms with Crippen LogP contribution >= 0.6 is 0 Å². The average Bonchev–Trinajstić information content (AvgIpc) is 3.46. The van der Waals surface area contributed by atoms with Crippen molar-refractivity contribution >= 4 is 44.5 Å². The minimum atomic E-state index is -5.28. The molecule has 3 aromatic rings. The number of aliphatic hydroxyl groups excluding tert-OH is 1. The fourth-order valence-electron chi connectivity index (χ4n) is 5.68. The van der Waals surface area contributed by atoms with Crippen LogP contribution in [-0.4, -0.2) is 77.0 Å². The number of nitrogens with zero attached hydrogens (tertiary/aromatic N) is 1. The van der Waals surface area contributed by atoms with E-state index in [9.17, 15) is 37.3 Å². The fourth-order valence-corrected chi connectivity index (χ4v) is 6.26. The Bertz CT molecular complexity index is 1710. The second-order valence-electron chi connectivity index (χ2n) is 12.2. The van der Waals surface area contributed by atoms with E-state index in [1.54, 1.807) is 20.8 Å². The van der Waals surface area contributed by atoms with Gasteiger partial charge in [-0.2, -0.15) is 0 Å². The molecule has 1 aliphatic rings. The summed E-state index contributed by atoms with van der Waals surface area (Å²) in [6, 6.07) is 10.4. The number of carbonyl (C=O) groups excluding carboxylic acids is 4. The zero-order valence-electron chi connectivity index (χ0n) is 27.4. The van der Waals surface area contributed by atoms with Crippen molar-refractivity contribution < 1.29 is 71.3 Å². The second-order valence-corrected chi connectivity index (χ2v) is 13.7. The van der Waals surface area contributed by atoms with Crippen molar-refractivity contribution in [2.75, 3.05) is 6.54 Å². The molecule has 14 nitrogen and oxygen atoms in total. The molecule has 4 amide bonds. The first-order valence-electron chi connectivity index (χ1n) is 15.4. The van der Waals surface area contributed by atoms with Crippen molar-refractivity contribution in [2.24, 2.45) is 11.8 Å². The number of piperidine rings is 1. The van der Waals surface area contributed by atoms with E-state index < -0.39 is 57.3 Å². The summed E-state index contributed by atoms with van der Waals surface area (Å²) in [4.78, 5) is 53.0. The number of carbonyl (C=O) groups is 4. The number of nitrogens with one attached hydrogen (secondary N) is 4. The number of fused-ring (bicyclic) bond motifs is 1. The van der Waals surface area contributed by atoms with Crippen molar-refractivity contribution in [2.45, 2.75) is 76.4 Å². The molecule has 0 aliphatic carbocycles. The van der Waals surface area contributed by atoms with Crippen LogP contribution in [0.5, 0.6) is 0 Å². The molecule has 0 saturated carbocycles. The second kappa shape index (κ2) is 17.4. The molecule has 16 heteroatoms. The SMILES string of the molecule is Cc1cc(C(=O)N[C@@H](Cc2cccc3ccccc23)C(=O)N[C@@H](CC(C)C)C(=O)N[C@@H](C[C@@H]2CCCNC2=O)C(O)S(=O)(=O)[O-])no1.[Na+]. The first kappa shape index (κ1) is 39.1. The van der Waals surface area contributed by atoms with E-state index in [1.807, 2.05) is 42.5 Å². The summed E-state index contributed by atoms with van der Waals surface area (Å²) in [6.07, 6.45) is 0.793. The third-order valence-electron chi connectivity index (χ3n) is 8.03. The van der Waals surface area contributed by atoms with Crippen LogP contribution in [0.1, 0.15) is 61.3 Å². The van der Waals surface area contributed by atoms with Gasteiger partial charge in [-0.1, -0.05) is 61.5 Å². The van der Waals surface area contributed by atoms with E-state index in [2.05, 4.69) is 26.4 Å². The summed E-state index contributed by atoms with van der Waals surface area (Å²) in [5, 5.41) is 26.3. The molecule has 1 unspecified atom stereocenters. The molecule has 2 heterocycles. The predicted octanol–water partition coefficient (Wildman–Crippen LogP) is -1.72. The number of amides is 4. The molecule has 254 valence electrons. The molecule has 5 atom stereocenters. The summed E-state index contributed by atoms with van der Waals surface area (Å²) in [5.41, 5.74) is -1.82. The van der Waals surface area contributed by atoms with Gasteiger partial charge < -0.3 is 35.4 Å². The van der Waals surface area contributed by atoms with Gasteiger partial charge in [-0.3, -0.25) is 19.2 Å². The van der Waals surface area contributed by atoms with Crippen LogP contribution in [0.3, 0.4) is 0 Å². The van der Waals surface area contributed by atoms with Gasteiger partial charge in [-0.15, -0.1) is 0 Å². The summed E-state index contributed by atoms with van der Waals surface area (Å²) in [7, 11) is -5.28.